The maximum Gasteiger partial charge on any atom is 0.573 e. The lowest BCUT2D eigenvalue weighted by Crippen LogP contribution is -2.16. The molecule has 0 radical (unpaired) electrons. The number of aromatic nitrogens is 1. The molecule has 0 amide bonds. The monoisotopic (exact) mass is 255 g/mol. The van der Waals surface area contributed by atoms with E-state index < -0.39 is 12.1 Å². The number of rotatable bonds is 2. The largest absolute Gasteiger partial charge is 0.573 e. The van der Waals surface area contributed by atoms with E-state index in [-0.39, 0.29) is 5.75 Å². The molecule has 0 fully saturated rings. The van der Waals surface area contributed by atoms with Crippen LogP contribution in [0.3, 0.4) is 0 Å². The van der Waals surface area contributed by atoms with E-state index in [0.717, 1.165) is 12.1 Å². The van der Waals surface area contributed by atoms with E-state index in [4.69, 9.17) is 0 Å². The molecule has 94 valence electrons. The van der Waals surface area contributed by atoms with Gasteiger partial charge in [0.2, 0.25) is 0 Å². The quantitative estimate of drug-likeness (QED) is 0.894. The topological polar surface area (TPSA) is 42.4 Å². The minimum atomic E-state index is -4.78. The molecule has 1 heterocycles. The van der Waals surface area contributed by atoms with Gasteiger partial charge in [0.25, 0.3) is 0 Å². The molecule has 18 heavy (non-hydrogen) atoms. The van der Waals surface area contributed by atoms with Crippen LogP contribution in [0.4, 0.5) is 13.2 Å². The first-order valence-electron chi connectivity index (χ1n) is 4.95. The summed E-state index contributed by atoms with van der Waals surface area (Å²) in [6.45, 7) is 0. The number of hydrogen-bond donors (Lipinski definition) is 1. The number of alkyl halides is 3. The highest BCUT2D eigenvalue weighted by molar-refractivity contribution is 5.70. The lowest BCUT2D eigenvalue weighted by Gasteiger charge is -2.10. The van der Waals surface area contributed by atoms with E-state index in [9.17, 15) is 18.3 Å². The van der Waals surface area contributed by atoms with Gasteiger partial charge in [-0.25, -0.2) is 0 Å². The van der Waals surface area contributed by atoms with Crippen molar-refractivity contribution < 1.29 is 23.0 Å². The van der Waals surface area contributed by atoms with E-state index >= 15 is 0 Å². The summed E-state index contributed by atoms with van der Waals surface area (Å²) in [5.74, 6) is -0.766. The summed E-state index contributed by atoms with van der Waals surface area (Å²) in [4.78, 5) is 3.86. The third kappa shape index (κ3) is 2.91. The predicted octanol–water partition coefficient (Wildman–Crippen LogP) is 3.35. The standard InChI is InChI=1S/C12H8F3NO2/c13-12(14,15)18-9-3-4-10(11(17)6-9)8-2-1-5-16-7-8/h1-7,17H. The highest BCUT2D eigenvalue weighted by atomic mass is 19.4. The fourth-order valence-electron chi connectivity index (χ4n) is 1.47. The van der Waals surface area contributed by atoms with Crippen LogP contribution in [-0.2, 0) is 0 Å². The number of phenols is 1. The maximum absolute atomic E-state index is 12.0. The molecule has 6 heteroatoms. The van der Waals surface area contributed by atoms with Crippen molar-refractivity contribution in [3.8, 4) is 22.6 Å². The number of hydrogen-bond acceptors (Lipinski definition) is 3. The van der Waals surface area contributed by atoms with Crippen LogP contribution < -0.4 is 4.74 Å². The molecule has 0 saturated heterocycles. The van der Waals surface area contributed by atoms with Crippen molar-refractivity contribution in [3.63, 3.8) is 0 Å². The molecule has 0 bridgehead atoms. The Labute approximate surface area is 100 Å². The van der Waals surface area contributed by atoms with Crippen molar-refractivity contribution in [2.45, 2.75) is 6.36 Å². The number of ether oxygens (including phenoxy) is 1. The van der Waals surface area contributed by atoms with E-state index in [1.807, 2.05) is 0 Å². The Kier molecular flexibility index (Phi) is 3.10. The Balaban J connectivity index is 2.32. The van der Waals surface area contributed by atoms with Crippen molar-refractivity contribution in [2.24, 2.45) is 0 Å². The average molecular weight is 255 g/mol. The van der Waals surface area contributed by atoms with Gasteiger partial charge in [0.15, 0.2) is 0 Å². The van der Waals surface area contributed by atoms with Crippen LogP contribution in [0.15, 0.2) is 42.7 Å². The molecule has 1 N–H and O–H groups in total. The van der Waals surface area contributed by atoms with E-state index in [2.05, 4.69) is 9.72 Å². The molecular formula is C12H8F3NO2. The Morgan fingerprint density at radius 2 is 1.94 bits per heavy atom. The van der Waals surface area contributed by atoms with Crippen molar-refractivity contribution in [1.82, 2.24) is 4.98 Å². The number of phenolic OH excluding ortho intramolecular Hbond substituents is 1. The first kappa shape index (κ1) is 12.2. The molecule has 2 aromatic rings. The second kappa shape index (κ2) is 4.56. The van der Waals surface area contributed by atoms with Crippen molar-refractivity contribution in [3.05, 3.63) is 42.7 Å². The fourth-order valence-corrected chi connectivity index (χ4v) is 1.47. The van der Waals surface area contributed by atoms with Gasteiger partial charge in [-0.05, 0) is 18.2 Å². The van der Waals surface area contributed by atoms with Gasteiger partial charge < -0.3 is 9.84 Å². The zero-order valence-corrected chi connectivity index (χ0v) is 8.98. The lowest BCUT2D eigenvalue weighted by molar-refractivity contribution is -0.274. The van der Waals surface area contributed by atoms with Crippen molar-refractivity contribution in [2.75, 3.05) is 0 Å². The molecule has 0 unspecified atom stereocenters. The molecule has 3 nitrogen and oxygen atoms in total. The average Bonchev–Trinajstić information content (AvgIpc) is 2.28. The van der Waals surface area contributed by atoms with Crippen LogP contribution >= 0.6 is 0 Å². The van der Waals surface area contributed by atoms with Crippen molar-refractivity contribution >= 4 is 0 Å². The van der Waals surface area contributed by atoms with Gasteiger partial charge in [-0.1, -0.05) is 6.07 Å². The Morgan fingerprint density at radius 3 is 2.50 bits per heavy atom. The smallest absolute Gasteiger partial charge is 0.507 e. The molecule has 2 rings (SSSR count). The lowest BCUT2D eigenvalue weighted by atomic mass is 10.1. The minimum Gasteiger partial charge on any atom is -0.507 e. The Hall–Kier alpha value is -2.24. The van der Waals surface area contributed by atoms with Gasteiger partial charge in [-0.3, -0.25) is 4.98 Å². The van der Waals surface area contributed by atoms with Crippen LogP contribution in [0.2, 0.25) is 0 Å². The van der Waals surface area contributed by atoms with Crippen LogP contribution in [0.25, 0.3) is 11.1 Å². The molecule has 0 aliphatic rings. The number of nitrogens with zero attached hydrogens (tertiary/aromatic N) is 1. The summed E-state index contributed by atoms with van der Waals surface area (Å²) in [7, 11) is 0. The molecular weight excluding hydrogens is 247 g/mol. The molecule has 1 aromatic heterocycles. The van der Waals surface area contributed by atoms with Gasteiger partial charge in [0.1, 0.15) is 11.5 Å². The van der Waals surface area contributed by atoms with Crippen LogP contribution in [0.5, 0.6) is 11.5 Å². The highest BCUT2D eigenvalue weighted by Crippen LogP contribution is 2.33. The van der Waals surface area contributed by atoms with Crippen molar-refractivity contribution in [1.29, 1.82) is 0 Å². The molecule has 0 spiro atoms. The first-order chi connectivity index (χ1) is 8.46. The third-order valence-corrected chi connectivity index (χ3v) is 2.18. The van der Waals surface area contributed by atoms with E-state index in [0.29, 0.717) is 11.1 Å². The number of benzene rings is 1. The predicted molar refractivity (Wildman–Crippen MR) is 58.0 cm³/mol. The highest BCUT2D eigenvalue weighted by Gasteiger charge is 2.31. The van der Waals surface area contributed by atoms with Crippen LogP contribution in [-0.4, -0.2) is 16.5 Å². The Morgan fingerprint density at radius 1 is 1.17 bits per heavy atom. The zero-order chi connectivity index (χ0) is 13.2. The summed E-state index contributed by atoms with van der Waals surface area (Å²) in [5, 5.41) is 9.67. The maximum atomic E-state index is 12.0. The summed E-state index contributed by atoms with van der Waals surface area (Å²) in [6.07, 6.45) is -1.72. The second-order valence-electron chi connectivity index (χ2n) is 3.47. The van der Waals surface area contributed by atoms with Crippen LogP contribution in [0, 0.1) is 0 Å². The normalized spacial score (nSPS) is 11.3. The summed E-state index contributed by atoms with van der Waals surface area (Å²) in [5.41, 5.74) is 0.992. The summed E-state index contributed by atoms with van der Waals surface area (Å²) in [6, 6.07) is 6.74. The molecule has 0 saturated carbocycles. The van der Waals surface area contributed by atoms with Gasteiger partial charge in [0.05, 0.1) is 0 Å². The number of aromatic hydroxyl groups is 1. The summed E-state index contributed by atoms with van der Waals surface area (Å²) >= 11 is 0. The Bertz CT molecular complexity index is 541. The third-order valence-electron chi connectivity index (χ3n) is 2.18. The molecule has 0 aliphatic heterocycles. The van der Waals surface area contributed by atoms with Crippen LogP contribution in [0.1, 0.15) is 0 Å². The minimum absolute atomic E-state index is 0.301. The number of halogens is 3. The second-order valence-corrected chi connectivity index (χ2v) is 3.47. The fraction of sp³-hybridized carbons (Fsp3) is 0.0833. The molecule has 0 aliphatic carbocycles. The SMILES string of the molecule is Oc1cc(OC(F)(F)F)ccc1-c1cccnc1. The molecule has 1 aromatic carbocycles. The first-order valence-corrected chi connectivity index (χ1v) is 4.95. The number of pyridine rings is 1. The van der Waals surface area contributed by atoms with E-state index in [1.54, 1.807) is 18.3 Å². The summed E-state index contributed by atoms with van der Waals surface area (Å²) < 4.78 is 39.6. The van der Waals surface area contributed by atoms with E-state index in [1.165, 1.54) is 12.3 Å². The van der Waals surface area contributed by atoms with Gasteiger partial charge in [-0.2, -0.15) is 0 Å². The molecule has 0 atom stereocenters. The van der Waals surface area contributed by atoms with Gasteiger partial charge in [-0.15, -0.1) is 13.2 Å². The van der Waals surface area contributed by atoms with Gasteiger partial charge in [0, 0.05) is 29.6 Å². The van der Waals surface area contributed by atoms with Gasteiger partial charge >= 0.3 is 6.36 Å². The zero-order valence-electron chi connectivity index (χ0n) is 8.98.